The summed E-state index contributed by atoms with van der Waals surface area (Å²) >= 11 is 7.24. The van der Waals surface area contributed by atoms with E-state index in [1.165, 1.54) is 46.3 Å². The van der Waals surface area contributed by atoms with E-state index in [1.807, 2.05) is 11.3 Å². The number of nitrogens with two attached hydrogens (primary N) is 1. The number of hydrogen-bond acceptors (Lipinski definition) is 3. The molecular weight excluding hydrogens is 338 g/mol. The summed E-state index contributed by atoms with van der Waals surface area (Å²) in [6.07, 6.45) is 7.54. The quantitative estimate of drug-likeness (QED) is 0.762. The summed E-state index contributed by atoms with van der Waals surface area (Å²) in [7, 11) is 0. The van der Waals surface area contributed by atoms with Crippen molar-refractivity contribution in [3.63, 3.8) is 0 Å². The molecular formula is C15H18BrNS2. The molecule has 0 bridgehead atoms. The van der Waals surface area contributed by atoms with Gasteiger partial charge in [0.1, 0.15) is 0 Å². The number of fused-ring (bicyclic) bond motifs is 1. The topological polar surface area (TPSA) is 26.0 Å². The van der Waals surface area contributed by atoms with Crippen molar-refractivity contribution in [3.05, 3.63) is 42.2 Å². The summed E-state index contributed by atoms with van der Waals surface area (Å²) in [5, 5.41) is 2.13. The van der Waals surface area contributed by atoms with Crippen molar-refractivity contribution in [2.24, 2.45) is 5.73 Å². The molecule has 0 fully saturated rings. The van der Waals surface area contributed by atoms with Crippen LogP contribution in [0.1, 0.15) is 45.5 Å². The molecule has 1 aliphatic rings. The summed E-state index contributed by atoms with van der Waals surface area (Å²) in [4.78, 5) is 4.33. The molecule has 4 heteroatoms. The van der Waals surface area contributed by atoms with Gasteiger partial charge in [-0.25, -0.2) is 0 Å². The molecule has 0 saturated heterocycles. The SMILES string of the molecule is NC(Cc1cc(Br)cs1)c1cc2c(s1)CCCCC2. The van der Waals surface area contributed by atoms with E-state index in [0.29, 0.717) is 0 Å². The number of rotatable bonds is 3. The zero-order chi connectivity index (χ0) is 13.2. The van der Waals surface area contributed by atoms with Crippen LogP contribution >= 0.6 is 38.6 Å². The molecule has 0 saturated carbocycles. The second-order valence-electron chi connectivity index (χ2n) is 5.20. The summed E-state index contributed by atoms with van der Waals surface area (Å²) in [6.45, 7) is 0. The fourth-order valence-corrected chi connectivity index (χ4v) is 5.42. The van der Waals surface area contributed by atoms with E-state index in [2.05, 4.69) is 33.4 Å². The molecule has 1 atom stereocenters. The zero-order valence-electron chi connectivity index (χ0n) is 10.8. The van der Waals surface area contributed by atoms with Crippen molar-refractivity contribution in [1.29, 1.82) is 0 Å². The Morgan fingerprint density at radius 3 is 2.84 bits per heavy atom. The minimum Gasteiger partial charge on any atom is -0.323 e. The highest BCUT2D eigenvalue weighted by Crippen LogP contribution is 2.33. The third-order valence-electron chi connectivity index (χ3n) is 3.67. The Kier molecular flexibility index (Phi) is 4.42. The number of hydrogen-bond donors (Lipinski definition) is 1. The Balaban J connectivity index is 1.74. The predicted molar refractivity (Wildman–Crippen MR) is 88.2 cm³/mol. The van der Waals surface area contributed by atoms with Crippen LogP contribution in [0.15, 0.2) is 22.0 Å². The third kappa shape index (κ3) is 3.30. The lowest BCUT2D eigenvalue weighted by Crippen LogP contribution is -2.10. The van der Waals surface area contributed by atoms with Gasteiger partial charge in [0.05, 0.1) is 0 Å². The van der Waals surface area contributed by atoms with Crippen LogP contribution in [-0.2, 0) is 19.3 Å². The molecule has 0 aliphatic heterocycles. The first-order valence-electron chi connectivity index (χ1n) is 6.82. The molecule has 1 nitrogen and oxygen atoms in total. The van der Waals surface area contributed by atoms with Gasteiger partial charge in [-0.1, -0.05) is 6.42 Å². The van der Waals surface area contributed by atoms with Crippen LogP contribution in [0.4, 0.5) is 0 Å². The molecule has 3 rings (SSSR count). The normalized spacial score (nSPS) is 16.9. The summed E-state index contributed by atoms with van der Waals surface area (Å²) in [5.74, 6) is 0. The predicted octanol–water partition coefficient (Wildman–Crippen LogP) is 5.08. The average molecular weight is 356 g/mol. The second kappa shape index (κ2) is 6.08. The number of halogens is 1. The molecule has 2 aromatic rings. The minimum atomic E-state index is 0.155. The molecule has 1 unspecified atom stereocenters. The zero-order valence-corrected chi connectivity index (χ0v) is 14.0. The smallest absolute Gasteiger partial charge is 0.0438 e. The fourth-order valence-electron chi connectivity index (χ4n) is 2.65. The van der Waals surface area contributed by atoms with Crippen molar-refractivity contribution >= 4 is 38.6 Å². The van der Waals surface area contributed by atoms with E-state index in [4.69, 9.17) is 5.73 Å². The second-order valence-corrected chi connectivity index (χ2v) is 8.28. The lowest BCUT2D eigenvalue weighted by molar-refractivity contribution is 0.710. The van der Waals surface area contributed by atoms with Crippen molar-refractivity contribution in [1.82, 2.24) is 0 Å². The average Bonchev–Trinajstić information content (AvgIpc) is 2.91. The highest BCUT2D eigenvalue weighted by molar-refractivity contribution is 9.10. The first-order chi connectivity index (χ1) is 9.22. The van der Waals surface area contributed by atoms with Gasteiger partial charge in [-0.15, -0.1) is 22.7 Å². The van der Waals surface area contributed by atoms with Crippen molar-refractivity contribution in [3.8, 4) is 0 Å². The third-order valence-corrected chi connectivity index (χ3v) is 6.76. The highest BCUT2D eigenvalue weighted by atomic mass is 79.9. The first-order valence-corrected chi connectivity index (χ1v) is 9.31. The van der Waals surface area contributed by atoms with Crippen LogP contribution in [0, 0.1) is 0 Å². The van der Waals surface area contributed by atoms with Gasteiger partial charge >= 0.3 is 0 Å². The summed E-state index contributed by atoms with van der Waals surface area (Å²) < 4.78 is 1.17. The van der Waals surface area contributed by atoms with E-state index in [1.54, 1.807) is 21.8 Å². The number of thiophene rings is 2. The maximum absolute atomic E-state index is 6.39. The van der Waals surface area contributed by atoms with Crippen molar-refractivity contribution in [2.45, 2.75) is 44.6 Å². The maximum atomic E-state index is 6.39. The Bertz CT molecular complexity index is 535. The molecule has 2 N–H and O–H groups in total. The lowest BCUT2D eigenvalue weighted by atomic mass is 10.1. The molecule has 0 aromatic carbocycles. The lowest BCUT2D eigenvalue weighted by Gasteiger charge is -2.07. The van der Waals surface area contributed by atoms with Crippen molar-refractivity contribution in [2.75, 3.05) is 0 Å². The van der Waals surface area contributed by atoms with Gasteiger partial charge < -0.3 is 5.73 Å². The van der Waals surface area contributed by atoms with Crippen LogP contribution in [0.3, 0.4) is 0 Å². The largest absolute Gasteiger partial charge is 0.323 e. The van der Waals surface area contributed by atoms with E-state index < -0.39 is 0 Å². The van der Waals surface area contributed by atoms with E-state index in [0.717, 1.165) is 6.42 Å². The Hall–Kier alpha value is -0.160. The van der Waals surface area contributed by atoms with Gasteiger partial charge in [-0.05, 0) is 59.3 Å². The monoisotopic (exact) mass is 355 g/mol. The molecule has 0 amide bonds. The van der Waals surface area contributed by atoms with E-state index >= 15 is 0 Å². The van der Waals surface area contributed by atoms with Crippen LogP contribution in [-0.4, -0.2) is 0 Å². The van der Waals surface area contributed by atoms with Gasteiger partial charge in [0.2, 0.25) is 0 Å². The highest BCUT2D eigenvalue weighted by Gasteiger charge is 2.16. The maximum Gasteiger partial charge on any atom is 0.0438 e. The first kappa shape index (κ1) is 13.8. The molecule has 2 aromatic heterocycles. The van der Waals surface area contributed by atoms with Crippen molar-refractivity contribution < 1.29 is 0 Å². The Labute approximate surface area is 131 Å². The Morgan fingerprint density at radius 1 is 1.21 bits per heavy atom. The van der Waals surface area contributed by atoms with Gasteiger partial charge in [0.15, 0.2) is 0 Å². The molecule has 102 valence electrons. The summed E-state index contributed by atoms with van der Waals surface area (Å²) in [6, 6.07) is 4.71. The number of aryl methyl sites for hydroxylation is 2. The minimum absolute atomic E-state index is 0.155. The molecule has 1 aliphatic carbocycles. The van der Waals surface area contributed by atoms with E-state index in [9.17, 15) is 0 Å². The molecule has 0 spiro atoms. The molecule has 0 radical (unpaired) electrons. The van der Waals surface area contributed by atoms with E-state index in [-0.39, 0.29) is 6.04 Å². The van der Waals surface area contributed by atoms with Crippen LogP contribution in [0.25, 0.3) is 0 Å². The van der Waals surface area contributed by atoms with Crippen LogP contribution in [0.5, 0.6) is 0 Å². The molecule has 19 heavy (non-hydrogen) atoms. The standard InChI is InChI=1S/C15H18BrNS2/c16-11-7-12(18-9-11)8-13(17)15-6-10-4-2-1-3-5-14(10)19-15/h6-7,9,13H,1-5,8,17H2. The fraction of sp³-hybridized carbons (Fsp3) is 0.467. The van der Waals surface area contributed by atoms with Crippen LogP contribution < -0.4 is 5.73 Å². The van der Waals surface area contributed by atoms with Gasteiger partial charge in [0, 0.05) is 36.9 Å². The van der Waals surface area contributed by atoms with Gasteiger partial charge in [-0.2, -0.15) is 0 Å². The van der Waals surface area contributed by atoms with Crippen LogP contribution in [0.2, 0.25) is 0 Å². The van der Waals surface area contributed by atoms with Gasteiger partial charge in [-0.3, -0.25) is 0 Å². The molecule has 2 heterocycles. The Morgan fingerprint density at radius 2 is 2.05 bits per heavy atom. The summed E-state index contributed by atoms with van der Waals surface area (Å²) in [5.41, 5.74) is 7.96. The van der Waals surface area contributed by atoms with Gasteiger partial charge in [0.25, 0.3) is 0 Å².